The molecule has 2 aliphatic heterocycles. The van der Waals surface area contributed by atoms with E-state index in [2.05, 4.69) is 10.6 Å². The molecule has 0 unspecified atom stereocenters. The summed E-state index contributed by atoms with van der Waals surface area (Å²) >= 11 is 0. The van der Waals surface area contributed by atoms with Gasteiger partial charge in [0.25, 0.3) is 5.91 Å². The Bertz CT molecular complexity index is 991. The first-order valence-electron chi connectivity index (χ1n) is 8.99. The molecule has 28 heavy (non-hydrogen) atoms. The molecule has 1 saturated heterocycles. The summed E-state index contributed by atoms with van der Waals surface area (Å²) < 4.78 is 14.1. The van der Waals surface area contributed by atoms with Crippen LogP contribution in [0.4, 0.5) is 15.8 Å². The normalized spacial score (nSPS) is 18.8. The molecule has 2 heterocycles. The number of piperidine rings is 1. The summed E-state index contributed by atoms with van der Waals surface area (Å²) in [6.07, 6.45) is 0.512. The number of nitrogens with zero attached hydrogens (tertiary/aromatic N) is 1. The molecule has 8 heteroatoms. The smallest absolute Gasteiger partial charge is 0.255 e. The highest BCUT2D eigenvalue weighted by molar-refractivity contribution is 6.06. The van der Waals surface area contributed by atoms with Gasteiger partial charge in [-0.05, 0) is 24.6 Å². The molecular weight excluding hydrogens is 363 g/mol. The molecule has 1 fully saturated rings. The van der Waals surface area contributed by atoms with Gasteiger partial charge in [-0.2, -0.15) is 0 Å². The predicted octanol–water partition coefficient (Wildman–Crippen LogP) is 1.78. The molecule has 144 valence electrons. The van der Waals surface area contributed by atoms with Crippen LogP contribution >= 0.6 is 0 Å². The van der Waals surface area contributed by atoms with Crippen LogP contribution in [0, 0.1) is 5.82 Å². The molecule has 0 bridgehead atoms. The lowest BCUT2D eigenvalue weighted by atomic mass is 10.0. The lowest BCUT2D eigenvalue weighted by molar-refractivity contribution is -0.136. The van der Waals surface area contributed by atoms with Gasteiger partial charge in [0.05, 0.1) is 5.69 Å². The summed E-state index contributed by atoms with van der Waals surface area (Å²) in [7, 11) is 0. The average molecular weight is 382 g/mol. The van der Waals surface area contributed by atoms with Crippen molar-refractivity contribution in [1.82, 2.24) is 10.2 Å². The van der Waals surface area contributed by atoms with Gasteiger partial charge < -0.3 is 16.0 Å². The van der Waals surface area contributed by atoms with Crippen molar-refractivity contribution < 1.29 is 18.8 Å². The first kappa shape index (κ1) is 18.0. The average Bonchev–Trinajstić information content (AvgIpc) is 3.00. The van der Waals surface area contributed by atoms with E-state index in [0.717, 1.165) is 5.56 Å². The van der Waals surface area contributed by atoms with E-state index >= 15 is 0 Å². The number of hydrogen-bond donors (Lipinski definition) is 3. The van der Waals surface area contributed by atoms with E-state index in [1.165, 1.54) is 11.0 Å². The molecule has 1 atom stereocenters. The van der Waals surface area contributed by atoms with Crippen molar-refractivity contribution in [3.05, 3.63) is 58.9 Å². The van der Waals surface area contributed by atoms with Crippen LogP contribution in [-0.4, -0.2) is 28.7 Å². The Morgan fingerprint density at radius 3 is 2.75 bits per heavy atom. The van der Waals surface area contributed by atoms with Gasteiger partial charge in [0, 0.05) is 41.9 Å². The summed E-state index contributed by atoms with van der Waals surface area (Å²) in [5.41, 5.74) is 8.06. The van der Waals surface area contributed by atoms with E-state index in [0.29, 0.717) is 23.2 Å². The molecule has 2 aromatic carbocycles. The second-order valence-corrected chi connectivity index (χ2v) is 6.91. The number of rotatable bonds is 4. The van der Waals surface area contributed by atoms with Crippen LogP contribution in [0.25, 0.3) is 0 Å². The van der Waals surface area contributed by atoms with Gasteiger partial charge >= 0.3 is 0 Å². The predicted molar refractivity (Wildman–Crippen MR) is 101 cm³/mol. The fourth-order valence-electron chi connectivity index (χ4n) is 3.68. The third-order valence-corrected chi connectivity index (χ3v) is 5.16. The van der Waals surface area contributed by atoms with Crippen LogP contribution in [0.2, 0.25) is 0 Å². The van der Waals surface area contributed by atoms with E-state index in [1.54, 1.807) is 24.3 Å². The number of hydrogen-bond acceptors (Lipinski definition) is 5. The van der Waals surface area contributed by atoms with Crippen LogP contribution in [-0.2, 0) is 22.7 Å². The Morgan fingerprint density at radius 2 is 1.96 bits per heavy atom. The van der Waals surface area contributed by atoms with Crippen molar-refractivity contribution in [3.63, 3.8) is 0 Å². The third kappa shape index (κ3) is 3.06. The second kappa shape index (κ2) is 6.95. The minimum absolute atomic E-state index is 0.0804. The number of benzene rings is 2. The molecule has 0 aliphatic carbocycles. The quantitative estimate of drug-likeness (QED) is 0.552. The zero-order valence-electron chi connectivity index (χ0n) is 15.0. The van der Waals surface area contributed by atoms with Gasteiger partial charge in [-0.1, -0.05) is 18.2 Å². The highest BCUT2D eigenvalue weighted by Crippen LogP contribution is 2.32. The molecule has 0 spiro atoms. The van der Waals surface area contributed by atoms with E-state index in [4.69, 9.17) is 5.73 Å². The van der Waals surface area contributed by atoms with Gasteiger partial charge in [-0.3, -0.25) is 19.7 Å². The second-order valence-electron chi connectivity index (χ2n) is 6.91. The van der Waals surface area contributed by atoms with Crippen molar-refractivity contribution in [2.45, 2.75) is 32.0 Å². The number of carbonyl (C=O) groups excluding carboxylic acids is 3. The minimum atomic E-state index is -0.670. The number of nitrogen functional groups attached to an aromatic ring is 1. The van der Waals surface area contributed by atoms with Crippen LogP contribution in [0.15, 0.2) is 36.4 Å². The number of nitrogens with one attached hydrogen (secondary N) is 2. The minimum Gasteiger partial charge on any atom is -0.396 e. The molecule has 0 radical (unpaired) electrons. The Balaban J connectivity index is 1.55. The Hall–Kier alpha value is -3.42. The van der Waals surface area contributed by atoms with E-state index in [9.17, 15) is 18.8 Å². The Morgan fingerprint density at radius 1 is 1.18 bits per heavy atom. The number of fused-ring (bicyclic) bond motifs is 1. The summed E-state index contributed by atoms with van der Waals surface area (Å²) in [5, 5.41) is 5.45. The van der Waals surface area contributed by atoms with E-state index < -0.39 is 17.8 Å². The van der Waals surface area contributed by atoms with E-state index in [1.807, 2.05) is 6.07 Å². The number of halogens is 1. The van der Waals surface area contributed by atoms with Crippen molar-refractivity contribution >= 4 is 29.1 Å². The van der Waals surface area contributed by atoms with Gasteiger partial charge in [0.15, 0.2) is 5.82 Å². The van der Waals surface area contributed by atoms with Crippen molar-refractivity contribution in [2.24, 2.45) is 0 Å². The highest BCUT2D eigenvalue weighted by Gasteiger charge is 2.39. The lowest BCUT2D eigenvalue weighted by Crippen LogP contribution is -2.52. The molecule has 0 saturated carbocycles. The molecule has 7 nitrogen and oxygen atoms in total. The maximum Gasteiger partial charge on any atom is 0.255 e. The zero-order valence-corrected chi connectivity index (χ0v) is 15.0. The van der Waals surface area contributed by atoms with Crippen LogP contribution in [0.5, 0.6) is 0 Å². The number of carbonyl (C=O) groups is 3. The van der Waals surface area contributed by atoms with Gasteiger partial charge in [-0.15, -0.1) is 0 Å². The van der Waals surface area contributed by atoms with E-state index in [-0.39, 0.29) is 37.0 Å². The standard InChI is InChI=1S/C20H19FN4O3/c21-18-11(3-1-5-14(18)22)9-23-15-6-2-4-12-13(15)10-25(20(12)28)16-7-8-17(26)24-19(16)27/h1-6,16,23H,7-10,22H2,(H,24,26,27)/t16-/m1/s1. The van der Waals surface area contributed by atoms with Crippen LogP contribution in [0.1, 0.15) is 34.3 Å². The van der Waals surface area contributed by atoms with Crippen molar-refractivity contribution in [3.8, 4) is 0 Å². The fraction of sp³-hybridized carbons (Fsp3) is 0.250. The number of amides is 3. The topological polar surface area (TPSA) is 105 Å². The molecule has 2 aliphatic rings. The lowest BCUT2D eigenvalue weighted by Gasteiger charge is -2.29. The number of anilines is 2. The maximum atomic E-state index is 14.1. The molecule has 2 aromatic rings. The Kier molecular flexibility index (Phi) is 4.46. The van der Waals surface area contributed by atoms with Gasteiger partial charge in [0.1, 0.15) is 6.04 Å². The number of nitrogens with two attached hydrogens (primary N) is 1. The Labute approximate surface area is 160 Å². The summed E-state index contributed by atoms with van der Waals surface area (Å²) in [6.45, 7) is 0.461. The molecule has 0 aromatic heterocycles. The highest BCUT2D eigenvalue weighted by atomic mass is 19.1. The first-order chi connectivity index (χ1) is 13.5. The molecule has 4 N–H and O–H groups in total. The zero-order chi connectivity index (χ0) is 19.8. The molecular formula is C20H19FN4O3. The largest absolute Gasteiger partial charge is 0.396 e. The summed E-state index contributed by atoms with van der Waals surface area (Å²) in [6, 6.07) is 9.40. The summed E-state index contributed by atoms with van der Waals surface area (Å²) in [4.78, 5) is 37.8. The van der Waals surface area contributed by atoms with Crippen LogP contribution in [0.3, 0.4) is 0 Å². The van der Waals surface area contributed by atoms with Gasteiger partial charge in [-0.25, -0.2) is 4.39 Å². The third-order valence-electron chi connectivity index (χ3n) is 5.16. The van der Waals surface area contributed by atoms with Gasteiger partial charge in [0.2, 0.25) is 11.8 Å². The summed E-state index contributed by atoms with van der Waals surface area (Å²) in [5.74, 6) is -1.49. The maximum absolute atomic E-state index is 14.1. The molecule has 4 rings (SSSR count). The van der Waals surface area contributed by atoms with Crippen molar-refractivity contribution in [1.29, 1.82) is 0 Å². The first-order valence-corrected chi connectivity index (χ1v) is 8.99. The fourth-order valence-corrected chi connectivity index (χ4v) is 3.68. The SMILES string of the molecule is Nc1cccc(CNc2cccc3c2CN([C@@H]2CCC(=O)NC2=O)C3=O)c1F. The monoisotopic (exact) mass is 382 g/mol. The van der Waals surface area contributed by atoms with Crippen molar-refractivity contribution in [2.75, 3.05) is 11.1 Å². The van der Waals surface area contributed by atoms with Crippen LogP contribution < -0.4 is 16.4 Å². The molecule has 3 amide bonds. The number of imide groups is 1.